The van der Waals surface area contributed by atoms with E-state index in [4.69, 9.17) is 0 Å². The Bertz CT molecular complexity index is 589. The van der Waals surface area contributed by atoms with Gasteiger partial charge in [-0.3, -0.25) is 4.79 Å². The average molecular weight is 578 g/mol. The van der Waals surface area contributed by atoms with E-state index < -0.39 is 12.1 Å². The first kappa shape index (κ1) is 39.9. The van der Waals surface area contributed by atoms with Crippen molar-refractivity contribution in [2.24, 2.45) is 0 Å². The summed E-state index contributed by atoms with van der Waals surface area (Å²) in [6.07, 6.45) is 41.5. The maximum atomic E-state index is 12.2. The molecule has 242 valence electrons. The van der Waals surface area contributed by atoms with Crippen molar-refractivity contribution in [3.05, 3.63) is 24.3 Å². The summed E-state index contributed by atoms with van der Waals surface area (Å²) in [7, 11) is 0. The van der Waals surface area contributed by atoms with E-state index in [0.29, 0.717) is 6.42 Å². The highest BCUT2D eigenvalue weighted by Gasteiger charge is 2.17. The quantitative estimate of drug-likeness (QED) is 0.0550. The van der Waals surface area contributed by atoms with Gasteiger partial charge in [-0.1, -0.05) is 160 Å². The van der Waals surface area contributed by atoms with E-state index in [1.54, 1.807) is 6.08 Å². The number of nitrogens with one attached hydrogen (secondary N) is 1. The van der Waals surface area contributed by atoms with Gasteiger partial charge in [0, 0.05) is 6.42 Å². The molecule has 4 heteroatoms. The van der Waals surface area contributed by atoms with E-state index in [2.05, 4.69) is 31.3 Å². The summed E-state index contributed by atoms with van der Waals surface area (Å²) >= 11 is 0. The van der Waals surface area contributed by atoms with Crippen LogP contribution >= 0.6 is 0 Å². The molecule has 41 heavy (non-hydrogen) atoms. The highest BCUT2D eigenvalue weighted by molar-refractivity contribution is 5.76. The molecule has 0 aliphatic carbocycles. The van der Waals surface area contributed by atoms with Crippen LogP contribution < -0.4 is 5.32 Å². The third kappa shape index (κ3) is 30.1. The lowest BCUT2D eigenvalue weighted by molar-refractivity contribution is -0.123. The van der Waals surface area contributed by atoms with E-state index in [-0.39, 0.29) is 12.5 Å². The average Bonchev–Trinajstić information content (AvgIpc) is 2.97. The smallest absolute Gasteiger partial charge is 0.220 e. The number of unbranched alkanes of at least 4 members (excludes halogenated alkanes) is 23. The van der Waals surface area contributed by atoms with Gasteiger partial charge in [-0.25, -0.2) is 0 Å². The van der Waals surface area contributed by atoms with Gasteiger partial charge in [0.15, 0.2) is 0 Å². The molecule has 0 aromatic heterocycles. The molecule has 0 heterocycles. The monoisotopic (exact) mass is 578 g/mol. The van der Waals surface area contributed by atoms with Gasteiger partial charge >= 0.3 is 0 Å². The van der Waals surface area contributed by atoms with Gasteiger partial charge < -0.3 is 15.5 Å². The predicted molar refractivity (Wildman–Crippen MR) is 179 cm³/mol. The summed E-state index contributed by atoms with van der Waals surface area (Å²) < 4.78 is 0. The summed E-state index contributed by atoms with van der Waals surface area (Å²) in [4.78, 5) is 12.2. The van der Waals surface area contributed by atoms with E-state index >= 15 is 0 Å². The SMILES string of the molecule is CCCCCC/C=C/C(O)C(CO)NC(=O)CCCCCCCCCCCCC/C=C\CCCCCCCCCC. The van der Waals surface area contributed by atoms with Crippen molar-refractivity contribution in [2.45, 2.75) is 199 Å². The molecular formula is C37H71NO3. The van der Waals surface area contributed by atoms with Crippen molar-refractivity contribution in [3.8, 4) is 0 Å². The second-order valence-corrected chi connectivity index (χ2v) is 12.3. The minimum atomic E-state index is -0.832. The van der Waals surface area contributed by atoms with Crippen LogP contribution in [0.3, 0.4) is 0 Å². The van der Waals surface area contributed by atoms with Crippen molar-refractivity contribution < 1.29 is 15.0 Å². The minimum absolute atomic E-state index is 0.0709. The number of rotatable bonds is 32. The molecular weight excluding hydrogens is 506 g/mol. The second-order valence-electron chi connectivity index (χ2n) is 12.3. The third-order valence-electron chi connectivity index (χ3n) is 8.18. The molecule has 0 radical (unpaired) electrons. The van der Waals surface area contributed by atoms with Crippen LogP contribution in [-0.2, 0) is 4.79 Å². The fraction of sp³-hybridized carbons (Fsp3) is 0.865. The number of aliphatic hydroxyl groups is 2. The van der Waals surface area contributed by atoms with Crippen LogP contribution in [0.1, 0.15) is 187 Å². The van der Waals surface area contributed by atoms with Gasteiger partial charge in [0.05, 0.1) is 18.8 Å². The van der Waals surface area contributed by atoms with Gasteiger partial charge in [-0.2, -0.15) is 0 Å². The molecule has 0 spiro atoms. The Labute approximate surface area is 256 Å². The zero-order valence-corrected chi connectivity index (χ0v) is 27.6. The number of carbonyl (C=O) groups is 1. The number of hydrogen-bond acceptors (Lipinski definition) is 3. The molecule has 0 bridgehead atoms. The minimum Gasteiger partial charge on any atom is -0.394 e. The number of carbonyl (C=O) groups excluding carboxylic acids is 1. The summed E-state index contributed by atoms with van der Waals surface area (Å²) in [6, 6.07) is -0.615. The van der Waals surface area contributed by atoms with Crippen molar-refractivity contribution in [1.29, 1.82) is 0 Å². The Morgan fingerprint density at radius 1 is 0.561 bits per heavy atom. The van der Waals surface area contributed by atoms with Crippen LogP contribution in [0.5, 0.6) is 0 Å². The van der Waals surface area contributed by atoms with Crippen LogP contribution in [0.25, 0.3) is 0 Å². The van der Waals surface area contributed by atoms with E-state index in [0.717, 1.165) is 25.7 Å². The van der Waals surface area contributed by atoms with Gasteiger partial charge in [-0.15, -0.1) is 0 Å². The standard InChI is InChI=1S/C37H71NO3/c1-3-5-7-9-11-12-13-14-15-16-17-18-19-20-21-22-23-24-25-26-27-29-31-33-37(41)38-35(34-39)36(40)32-30-28-10-8-6-4-2/h16-17,30,32,35-36,39-40H,3-15,18-29,31,33-34H2,1-2H3,(H,38,41)/b17-16-,32-30+. The Morgan fingerprint density at radius 3 is 1.37 bits per heavy atom. The van der Waals surface area contributed by atoms with Crippen LogP contribution in [0.15, 0.2) is 24.3 Å². The first-order chi connectivity index (χ1) is 20.2. The normalized spacial score (nSPS) is 13.4. The van der Waals surface area contributed by atoms with Gasteiger partial charge in [0.25, 0.3) is 0 Å². The molecule has 0 saturated carbocycles. The molecule has 2 atom stereocenters. The van der Waals surface area contributed by atoms with Crippen molar-refractivity contribution in [1.82, 2.24) is 5.32 Å². The van der Waals surface area contributed by atoms with Crippen molar-refractivity contribution in [3.63, 3.8) is 0 Å². The summed E-state index contributed by atoms with van der Waals surface area (Å²) in [5.41, 5.74) is 0. The molecule has 0 fully saturated rings. The maximum Gasteiger partial charge on any atom is 0.220 e. The summed E-state index contributed by atoms with van der Waals surface area (Å²) in [5, 5.41) is 22.6. The Hall–Kier alpha value is -1.13. The van der Waals surface area contributed by atoms with Gasteiger partial charge in [-0.05, 0) is 44.9 Å². The van der Waals surface area contributed by atoms with Crippen LogP contribution in [0.2, 0.25) is 0 Å². The zero-order valence-electron chi connectivity index (χ0n) is 27.6. The highest BCUT2D eigenvalue weighted by atomic mass is 16.3. The molecule has 0 aromatic rings. The first-order valence-corrected chi connectivity index (χ1v) is 18.1. The summed E-state index contributed by atoms with van der Waals surface area (Å²) in [6.45, 7) is 4.23. The van der Waals surface area contributed by atoms with Crippen molar-refractivity contribution >= 4 is 5.91 Å². The van der Waals surface area contributed by atoms with E-state index in [1.165, 1.54) is 141 Å². The molecule has 0 rings (SSSR count). The van der Waals surface area contributed by atoms with Crippen LogP contribution in [-0.4, -0.2) is 34.9 Å². The number of hydrogen-bond donors (Lipinski definition) is 3. The van der Waals surface area contributed by atoms with Gasteiger partial charge in [0.2, 0.25) is 5.91 Å². The molecule has 4 nitrogen and oxygen atoms in total. The van der Waals surface area contributed by atoms with Crippen LogP contribution in [0.4, 0.5) is 0 Å². The number of amides is 1. The van der Waals surface area contributed by atoms with Crippen molar-refractivity contribution in [2.75, 3.05) is 6.61 Å². The molecule has 0 aliphatic heterocycles. The second kappa shape index (κ2) is 33.4. The van der Waals surface area contributed by atoms with Gasteiger partial charge in [0.1, 0.15) is 0 Å². The van der Waals surface area contributed by atoms with E-state index in [9.17, 15) is 15.0 Å². The third-order valence-corrected chi connectivity index (χ3v) is 8.18. The molecule has 0 aromatic carbocycles. The lowest BCUT2D eigenvalue weighted by Crippen LogP contribution is -2.45. The lowest BCUT2D eigenvalue weighted by atomic mass is 10.0. The highest BCUT2D eigenvalue weighted by Crippen LogP contribution is 2.14. The molecule has 3 N–H and O–H groups in total. The Balaban J connectivity index is 3.46. The lowest BCUT2D eigenvalue weighted by Gasteiger charge is -2.20. The molecule has 2 unspecified atom stereocenters. The topological polar surface area (TPSA) is 69.6 Å². The predicted octanol–water partition coefficient (Wildman–Crippen LogP) is 10.5. The molecule has 0 saturated heterocycles. The fourth-order valence-corrected chi connectivity index (χ4v) is 5.35. The molecule has 1 amide bonds. The largest absolute Gasteiger partial charge is 0.394 e. The molecule has 0 aliphatic rings. The van der Waals surface area contributed by atoms with E-state index in [1.807, 2.05) is 6.08 Å². The Kier molecular flexibility index (Phi) is 32.5. The maximum absolute atomic E-state index is 12.2. The fourth-order valence-electron chi connectivity index (χ4n) is 5.35. The summed E-state index contributed by atoms with van der Waals surface area (Å²) in [5.74, 6) is -0.0709. The van der Waals surface area contributed by atoms with Crippen LogP contribution in [0, 0.1) is 0 Å². The zero-order chi connectivity index (χ0) is 30.1. The number of allylic oxidation sites excluding steroid dienone is 3. The number of aliphatic hydroxyl groups excluding tert-OH is 2. The first-order valence-electron chi connectivity index (χ1n) is 18.1. The Morgan fingerprint density at radius 2 is 0.927 bits per heavy atom.